The van der Waals surface area contributed by atoms with E-state index in [9.17, 15) is 4.79 Å². The molecule has 0 unspecified atom stereocenters. The van der Waals surface area contributed by atoms with Gasteiger partial charge in [0.2, 0.25) is 5.91 Å². The van der Waals surface area contributed by atoms with Gasteiger partial charge in [0, 0.05) is 31.6 Å². The number of amides is 1. The number of hydrogen-bond donors (Lipinski definition) is 2. The van der Waals surface area contributed by atoms with Crippen molar-refractivity contribution in [2.24, 2.45) is 0 Å². The molecule has 0 aliphatic heterocycles. The van der Waals surface area contributed by atoms with Crippen molar-refractivity contribution in [2.75, 3.05) is 20.6 Å². The summed E-state index contributed by atoms with van der Waals surface area (Å²) in [6, 6.07) is 12.3. The van der Waals surface area contributed by atoms with E-state index < -0.39 is 0 Å². The summed E-state index contributed by atoms with van der Waals surface area (Å²) in [5.41, 5.74) is 3.09. The lowest BCUT2D eigenvalue weighted by atomic mass is 10.1. The Hall–Kier alpha value is -2.14. The average Bonchev–Trinajstić information content (AvgIpc) is 3.02. The number of nitrogens with one attached hydrogen (secondary N) is 2. The topological polar surface area (TPSA) is 61.0 Å². The molecule has 1 aromatic carbocycles. The molecule has 5 nitrogen and oxygen atoms in total. The van der Waals surface area contributed by atoms with Crippen LogP contribution in [-0.4, -0.2) is 41.6 Å². The summed E-state index contributed by atoms with van der Waals surface area (Å²) >= 11 is 0. The maximum Gasteiger partial charge on any atom is 0.221 e. The van der Waals surface area contributed by atoms with Crippen LogP contribution in [0.5, 0.6) is 0 Å². The van der Waals surface area contributed by atoms with Gasteiger partial charge in [-0.1, -0.05) is 30.3 Å². The van der Waals surface area contributed by atoms with Gasteiger partial charge in [-0.25, -0.2) is 0 Å². The van der Waals surface area contributed by atoms with Crippen molar-refractivity contribution in [3.05, 3.63) is 42.1 Å². The second kappa shape index (κ2) is 7.04. The summed E-state index contributed by atoms with van der Waals surface area (Å²) in [4.78, 5) is 13.4. The average molecular weight is 286 g/mol. The SMILES string of the molecule is CNC(=O)CCN(C)[C@@H](C)c1cc(-c2ccccc2)n[nH]1. The Morgan fingerprint density at radius 1 is 1.38 bits per heavy atom. The van der Waals surface area contributed by atoms with Crippen LogP contribution in [-0.2, 0) is 4.79 Å². The quantitative estimate of drug-likeness (QED) is 0.856. The van der Waals surface area contributed by atoms with Gasteiger partial charge in [0.1, 0.15) is 0 Å². The summed E-state index contributed by atoms with van der Waals surface area (Å²) in [6.07, 6.45) is 0.497. The number of carbonyl (C=O) groups is 1. The molecule has 0 aliphatic rings. The molecule has 5 heteroatoms. The zero-order chi connectivity index (χ0) is 15.2. The molecule has 0 spiro atoms. The maximum atomic E-state index is 11.3. The van der Waals surface area contributed by atoms with E-state index in [1.165, 1.54) is 0 Å². The molecule has 1 aromatic heterocycles. The van der Waals surface area contributed by atoms with E-state index >= 15 is 0 Å². The Bertz CT molecular complexity index is 579. The number of carbonyl (C=O) groups excluding carboxylic acids is 1. The Morgan fingerprint density at radius 3 is 2.76 bits per heavy atom. The standard InChI is InChI=1S/C16H22N4O/c1-12(20(3)10-9-16(21)17-2)14-11-15(19-18-14)13-7-5-4-6-8-13/h4-8,11-12H,9-10H2,1-3H3,(H,17,21)(H,18,19)/t12-/m0/s1. The summed E-state index contributed by atoms with van der Waals surface area (Å²) < 4.78 is 0. The fourth-order valence-electron chi connectivity index (χ4n) is 2.14. The first-order chi connectivity index (χ1) is 10.1. The molecule has 0 bridgehead atoms. The predicted octanol–water partition coefficient (Wildman–Crippen LogP) is 2.21. The molecule has 2 rings (SSSR count). The highest BCUT2D eigenvalue weighted by Gasteiger charge is 2.15. The number of aromatic nitrogens is 2. The van der Waals surface area contributed by atoms with Crippen molar-refractivity contribution < 1.29 is 4.79 Å². The third kappa shape index (κ3) is 3.92. The van der Waals surface area contributed by atoms with Crippen LogP contribution in [0.2, 0.25) is 0 Å². The minimum absolute atomic E-state index is 0.0589. The van der Waals surface area contributed by atoms with Crippen molar-refractivity contribution in [3.8, 4) is 11.3 Å². The first-order valence-electron chi connectivity index (χ1n) is 7.13. The number of H-pyrrole nitrogens is 1. The molecule has 0 fully saturated rings. The van der Waals surface area contributed by atoms with E-state index in [4.69, 9.17) is 0 Å². The van der Waals surface area contributed by atoms with Crippen LogP contribution >= 0.6 is 0 Å². The molecule has 0 radical (unpaired) electrons. The van der Waals surface area contributed by atoms with Crippen LogP contribution in [0.1, 0.15) is 25.1 Å². The molecule has 21 heavy (non-hydrogen) atoms. The zero-order valence-corrected chi connectivity index (χ0v) is 12.8. The van der Waals surface area contributed by atoms with Crippen LogP contribution in [0.3, 0.4) is 0 Å². The monoisotopic (exact) mass is 286 g/mol. The number of nitrogens with zero attached hydrogens (tertiary/aromatic N) is 2. The number of rotatable bonds is 6. The molecular weight excluding hydrogens is 264 g/mol. The molecular formula is C16H22N4O. The van der Waals surface area contributed by atoms with Crippen LogP contribution < -0.4 is 5.32 Å². The predicted molar refractivity (Wildman–Crippen MR) is 83.8 cm³/mol. The Labute approximate surface area is 125 Å². The molecule has 2 N–H and O–H groups in total. The molecule has 1 amide bonds. The first kappa shape index (κ1) is 15.3. The molecule has 0 aliphatic carbocycles. The summed E-state index contributed by atoms with van der Waals surface area (Å²) in [5, 5.41) is 10.1. The minimum Gasteiger partial charge on any atom is -0.359 e. The summed E-state index contributed by atoms with van der Waals surface area (Å²) in [6.45, 7) is 2.81. The molecule has 0 saturated heterocycles. The highest BCUT2D eigenvalue weighted by atomic mass is 16.1. The third-order valence-corrected chi connectivity index (χ3v) is 3.75. The van der Waals surface area contributed by atoms with Crippen LogP contribution in [0.15, 0.2) is 36.4 Å². The Morgan fingerprint density at radius 2 is 2.10 bits per heavy atom. The van der Waals surface area contributed by atoms with Gasteiger partial charge in [-0.3, -0.25) is 14.8 Å². The highest BCUT2D eigenvalue weighted by Crippen LogP contribution is 2.22. The van der Waals surface area contributed by atoms with Crippen LogP contribution in [0, 0.1) is 0 Å². The number of benzene rings is 1. The van der Waals surface area contributed by atoms with Gasteiger partial charge < -0.3 is 5.32 Å². The van der Waals surface area contributed by atoms with Crippen LogP contribution in [0.25, 0.3) is 11.3 Å². The van der Waals surface area contributed by atoms with Gasteiger partial charge in [0.15, 0.2) is 0 Å². The van der Waals surface area contributed by atoms with Gasteiger partial charge in [-0.2, -0.15) is 5.10 Å². The van der Waals surface area contributed by atoms with Crippen LogP contribution in [0.4, 0.5) is 0 Å². The van der Waals surface area contributed by atoms with E-state index in [0.717, 1.165) is 17.0 Å². The van der Waals surface area contributed by atoms with Crippen molar-refractivity contribution in [1.29, 1.82) is 0 Å². The largest absolute Gasteiger partial charge is 0.359 e. The smallest absolute Gasteiger partial charge is 0.221 e. The van der Waals surface area contributed by atoms with Crippen molar-refractivity contribution >= 4 is 5.91 Å². The van der Waals surface area contributed by atoms with E-state index in [0.29, 0.717) is 13.0 Å². The van der Waals surface area contributed by atoms with Gasteiger partial charge in [-0.15, -0.1) is 0 Å². The zero-order valence-electron chi connectivity index (χ0n) is 12.8. The fourth-order valence-corrected chi connectivity index (χ4v) is 2.14. The van der Waals surface area contributed by atoms with Crippen molar-refractivity contribution in [1.82, 2.24) is 20.4 Å². The van der Waals surface area contributed by atoms with Gasteiger partial charge >= 0.3 is 0 Å². The number of hydrogen-bond acceptors (Lipinski definition) is 3. The van der Waals surface area contributed by atoms with E-state index in [-0.39, 0.29) is 11.9 Å². The lowest BCUT2D eigenvalue weighted by molar-refractivity contribution is -0.120. The first-order valence-corrected chi connectivity index (χ1v) is 7.13. The maximum absolute atomic E-state index is 11.3. The van der Waals surface area contributed by atoms with Gasteiger partial charge in [0.25, 0.3) is 0 Å². The second-order valence-corrected chi connectivity index (χ2v) is 5.15. The third-order valence-electron chi connectivity index (χ3n) is 3.75. The molecule has 2 aromatic rings. The highest BCUT2D eigenvalue weighted by molar-refractivity contribution is 5.75. The summed E-state index contributed by atoms with van der Waals surface area (Å²) in [5.74, 6) is 0.0589. The second-order valence-electron chi connectivity index (χ2n) is 5.15. The fraction of sp³-hybridized carbons (Fsp3) is 0.375. The molecule has 0 saturated carbocycles. The molecule has 112 valence electrons. The van der Waals surface area contributed by atoms with Gasteiger partial charge in [0.05, 0.1) is 11.4 Å². The summed E-state index contributed by atoms with van der Waals surface area (Å²) in [7, 11) is 3.67. The lowest BCUT2D eigenvalue weighted by Gasteiger charge is -2.23. The van der Waals surface area contributed by atoms with E-state index in [2.05, 4.69) is 33.4 Å². The number of aromatic amines is 1. The van der Waals surface area contributed by atoms with Crippen molar-refractivity contribution in [2.45, 2.75) is 19.4 Å². The lowest BCUT2D eigenvalue weighted by Crippen LogP contribution is -2.28. The van der Waals surface area contributed by atoms with E-state index in [1.807, 2.05) is 37.4 Å². The van der Waals surface area contributed by atoms with E-state index in [1.54, 1.807) is 7.05 Å². The minimum atomic E-state index is 0.0589. The van der Waals surface area contributed by atoms with Crippen molar-refractivity contribution in [3.63, 3.8) is 0 Å². The Balaban J connectivity index is 2.01. The Kier molecular flexibility index (Phi) is 5.11. The van der Waals surface area contributed by atoms with Gasteiger partial charge in [-0.05, 0) is 20.0 Å². The molecule has 1 atom stereocenters. The normalized spacial score (nSPS) is 12.4. The molecule has 1 heterocycles.